The van der Waals surface area contributed by atoms with Gasteiger partial charge in [0.15, 0.2) is 0 Å². The molecule has 3 heteroatoms. The first-order valence-electron chi connectivity index (χ1n) is 7.03. The first-order valence-corrected chi connectivity index (χ1v) is 7.91. The van der Waals surface area contributed by atoms with Gasteiger partial charge in [-0.1, -0.05) is 48.5 Å². The first-order chi connectivity index (χ1) is 10.2. The molecule has 1 amide bonds. The summed E-state index contributed by atoms with van der Waals surface area (Å²) in [6, 6.07) is 18.5. The maximum atomic E-state index is 12.1. The molecule has 0 saturated carbocycles. The number of thiophene rings is 1. The Morgan fingerprint density at radius 2 is 1.90 bits per heavy atom. The van der Waals surface area contributed by atoms with Gasteiger partial charge in [-0.15, -0.1) is 11.3 Å². The van der Waals surface area contributed by atoms with E-state index in [1.54, 1.807) is 11.3 Å². The molecule has 1 aromatic heterocycles. The highest BCUT2D eigenvalue weighted by Crippen LogP contribution is 2.19. The second kappa shape index (κ2) is 6.10. The minimum atomic E-state index is 0.0613. The zero-order valence-electron chi connectivity index (χ0n) is 11.9. The summed E-state index contributed by atoms with van der Waals surface area (Å²) in [7, 11) is 0. The zero-order chi connectivity index (χ0) is 14.7. The fraction of sp³-hybridized carbons (Fsp3) is 0.167. The maximum absolute atomic E-state index is 12.1. The van der Waals surface area contributed by atoms with E-state index in [1.165, 1.54) is 15.6 Å². The van der Waals surface area contributed by atoms with Gasteiger partial charge in [0, 0.05) is 4.88 Å². The first kappa shape index (κ1) is 13.8. The van der Waals surface area contributed by atoms with Gasteiger partial charge in [0.1, 0.15) is 0 Å². The highest BCUT2D eigenvalue weighted by atomic mass is 32.1. The standard InChI is InChI=1S/C18H17NOS/c1-13(17-7-4-10-21-17)19-18(20)12-14-8-9-15-5-2-3-6-16(15)11-14/h2-11,13H,12H2,1H3,(H,19,20). The number of rotatable bonds is 4. The molecular formula is C18H17NOS. The monoisotopic (exact) mass is 295 g/mol. The van der Waals surface area contributed by atoms with Crippen LogP contribution >= 0.6 is 11.3 Å². The molecule has 2 nitrogen and oxygen atoms in total. The number of amides is 1. The van der Waals surface area contributed by atoms with Crippen LogP contribution in [-0.4, -0.2) is 5.91 Å². The van der Waals surface area contributed by atoms with E-state index in [1.807, 2.05) is 42.6 Å². The van der Waals surface area contributed by atoms with Crippen LogP contribution in [0.5, 0.6) is 0 Å². The quantitative estimate of drug-likeness (QED) is 0.763. The Kier molecular flexibility index (Phi) is 4.02. The van der Waals surface area contributed by atoms with Gasteiger partial charge >= 0.3 is 0 Å². The van der Waals surface area contributed by atoms with Crippen LogP contribution < -0.4 is 5.32 Å². The molecule has 1 atom stereocenters. The van der Waals surface area contributed by atoms with Gasteiger partial charge < -0.3 is 5.32 Å². The summed E-state index contributed by atoms with van der Waals surface area (Å²) in [5, 5.41) is 7.46. The SMILES string of the molecule is CC(NC(=O)Cc1ccc2ccccc2c1)c1cccs1. The molecular weight excluding hydrogens is 278 g/mol. The molecule has 106 valence electrons. The molecule has 0 saturated heterocycles. The van der Waals surface area contributed by atoms with Crippen LogP contribution in [0.4, 0.5) is 0 Å². The third-order valence-electron chi connectivity index (χ3n) is 3.53. The van der Waals surface area contributed by atoms with Crippen molar-refractivity contribution in [2.45, 2.75) is 19.4 Å². The highest BCUT2D eigenvalue weighted by Gasteiger charge is 2.11. The Morgan fingerprint density at radius 3 is 2.67 bits per heavy atom. The van der Waals surface area contributed by atoms with E-state index < -0.39 is 0 Å². The normalized spacial score (nSPS) is 12.2. The van der Waals surface area contributed by atoms with Gasteiger partial charge in [-0.3, -0.25) is 4.79 Å². The summed E-state index contributed by atoms with van der Waals surface area (Å²) in [6.07, 6.45) is 0.417. The summed E-state index contributed by atoms with van der Waals surface area (Å²) in [5.74, 6) is 0.0613. The van der Waals surface area contributed by atoms with Gasteiger partial charge in [0.05, 0.1) is 12.5 Å². The second-order valence-electron chi connectivity index (χ2n) is 5.16. The lowest BCUT2D eigenvalue weighted by molar-refractivity contribution is -0.121. The van der Waals surface area contributed by atoms with Gasteiger partial charge in [-0.25, -0.2) is 0 Å². The maximum Gasteiger partial charge on any atom is 0.224 e. The van der Waals surface area contributed by atoms with Crippen molar-refractivity contribution in [1.82, 2.24) is 5.32 Å². The number of carbonyl (C=O) groups is 1. The Hall–Kier alpha value is -2.13. The van der Waals surface area contributed by atoms with Gasteiger partial charge in [-0.2, -0.15) is 0 Å². The van der Waals surface area contributed by atoms with E-state index in [0.29, 0.717) is 6.42 Å². The van der Waals surface area contributed by atoms with Gasteiger partial charge in [0.25, 0.3) is 0 Å². The van der Waals surface area contributed by atoms with Crippen molar-refractivity contribution >= 4 is 28.0 Å². The Morgan fingerprint density at radius 1 is 1.10 bits per heavy atom. The number of hydrogen-bond acceptors (Lipinski definition) is 2. The van der Waals surface area contributed by atoms with Crippen molar-refractivity contribution in [2.75, 3.05) is 0 Å². The number of fused-ring (bicyclic) bond motifs is 1. The van der Waals surface area contributed by atoms with Gasteiger partial charge in [-0.05, 0) is 34.7 Å². The number of hydrogen-bond donors (Lipinski definition) is 1. The molecule has 2 aromatic carbocycles. The van der Waals surface area contributed by atoms with Crippen LogP contribution in [0.2, 0.25) is 0 Å². The molecule has 1 heterocycles. The van der Waals surface area contributed by atoms with Crippen molar-refractivity contribution < 1.29 is 4.79 Å². The molecule has 0 aliphatic carbocycles. The van der Waals surface area contributed by atoms with Crippen molar-refractivity contribution in [2.24, 2.45) is 0 Å². The van der Waals surface area contributed by atoms with Crippen LogP contribution in [0.15, 0.2) is 60.0 Å². The van der Waals surface area contributed by atoms with Crippen LogP contribution in [0.25, 0.3) is 10.8 Å². The molecule has 0 aliphatic rings. The largest absolute Gasteiger partial charge is 0.348 e. The summed E-state index contributed by atoms with van der Waals surface area (Å²) >= 11 is 1.67. The second-order valence-corrected chi connectivity index (χ2v) is 6.14. The molecule has 1 unspecified atom stereocenters. The summed E-state index contributed by atoms with van der Waals surface area (Å²) in [5.41, 5.74) is 1.05. The molecule has 21 heavy (non-hydrogen) atoms. The highest BCUT2D eigenvalue weighted by molar-refractivity contribution is 7.10. The fourth-order valence-electron chi connectivity index (χ4n) is 2.44. The molecule has 1 N–H and O–H groups in total. The number of benzene rings is 2. The molecule has 3 rings (SSSR count). The Bertz CT molecular complexity index is 749. The lowest BCUT2D eigenvalue weighted by atomic mass is 10.0. The molecule has 0 bridgehead atoms. The fourth-order valence-corrected chi connectivity index (χ4v) is 3.17. The average molecular weight is 295 g/mol. The lowest BCUT2D eigenvalue weighted by Crippen LogP contribution is -2.27. The van der Waals surface area contributed by atoms with E-state index in [4.69, 9.17) is 0 Å². The van der Waals surface area contributed by atoms with Crippen molar-refractivity contribution in [1.29, 1.82) is 0 Å². The number of nitrogens with one attached hydrogen (secondary N) is 1. The minimum absolute atomic E-state index is 0.0613. The molecule has 0 spiro atoms. The van der Waals surface area contributed by atoms with Gasteiger partial charge in [0.2, 0.25) is 5.91 Å². The van der Waals surface area contributed by atoms with E-state index in [-0.39, 0.29) is 11.9 Å². The van der Waals surface area contributed by atoms with E-state index >= 15 is 0 Å². The lowest BCUT2D eigenvalue weighted by Gasteiger charge is -2.12. The van der Waals surface area contributed by atoms with Crippen molar-refractivity contribution in [3.63, 3.8) is 0 Å². The third kappa shape index (κ3) is 3.31. The van der Waals surface area contributed by atoms with Crippen molar-refractivity contribution in [3.05, 3.63) is 70.4 Å². The van der Waals surface area contributed by atoms with Crippen LogP contribution in [0.3, 0.4) is 0 Å². The van der Waals surface area contributed by atoms with E-state index in [0.717, 1.165) is 5.56 Å². The predicted molar refractivity (Wildman–Crippen MR) is 88.5 cm³/mol. The number of carbonyl (C=O) groups excluding carboxylic acids is 1. The molecule has 0 aliphatic heterocycles. The van der Waals surface area contributed by atoms with Crippen LogP contribution in [0.1, 0.15) is 23.4 Å². The molecule has 0 radical (unpaired) electrons. The predicted octanol–water partition coefficient (Wildman–Crippen LogP) is 4.32. The third-order valence-corrected chi connectivity index (χ3v) is 4.58. The average Bonchev–Trinajstić information content (AvgIpc) is 3.01. The van der Waals surface area contributed by atoms with E-state index in [2.05, 4.69) is 29.6 Å². The smallest absolute Gasteiger partial charge is 0.224 e. The van der Waals surface area contributed by atoms with Crippen LogP contribution in [0, 0.1) is 0 Å². The van der Waals surface area contributed by atoms with Crippen molar-refractivity contribution in [3.8, 4) is 0 Å². The summed E-state index contributed by atoms with van der Waals surface area (Å²) in [4.78, 5) is 13.3. The van der Waals surface area contributed by atoms with E-state index in [9.17, 15) is 4.79 Å². The Labute approximate surface area is 128 Å². The molecule has 3 aromatic rings. The summed E-state index contributed by atoms with van der Waals surface area (Å²) in [6.45, 7) is 2.02. The Balaban J connectivity index is 1.68. The summed E-state index contributed by atoms with van der Waals surface area (Å²) < 4.78 is 0. The zero-order valence-corrected chi connectivity index (χ0v) is 12.7. The minimum Gasteiger partial charge on any atom is -0.348 e. The van der Waals surface area contributed by atoms with Crippen LogP contribution in [-0.2, 0) is 11.2 Å². The molecule has 0 fully saturated rings. The topological polar surface area (TPSA) is 29.1 Å².